The highest BCUT2D eigenvalue weighted by Gasteiger charge is 2.13. The molecule has 0 aliphatic rings. The number of nitriles is 1. The van der Waals surface area contributed by atoms with Crippen molar-refractivity contribution in [3.05, 3.63) is 11.8 Å². The van der Waals surface area contributed by atoms with Gasteiger partial charge in [-0.05, 0) is 6.26 Å². The number of thioether (sulfide) groups is 1. The maximum atomic E-state index is 11.2. The van der Waals surface area contributed by atoms with E-state index in [-0.39, 0.29) is 5.91 Å². The van der Waals surface area contributed by atoms with E-state index in [2.05, 4.69) is 9.97 Å². The van der Waals surface area contributed by atoms with Gasteiger partial charge in [0.05, 0.1) is 6.20 Å². The van der Waals surface area contributed by atoms with Gasteiger partial charge in [0, 0.05) is 14.0 Å². The Bertz CT molecular complexity index is 427. The van der Waals surface area contributed by atoms with Crippen LogP contribution in [0, 0.1) is 11.3 Å². The van der Waals surface area contributed by atoms with Crippen LogP contribution >= 0.6 is 11.8 Å². The second-order valence-electron chi connectivity index (χ2n) is 2.78. The highest BCUT2D eigenvalue weighted by atomic mass is 32.2. The van der Waals surface area contributed by atoms with Crippen molar-refractivity contribution in [1.82, 2.24) is 9.97 Å². The van der Waals surface area contributed by atoms with Gasteiger partial charge in [0.25, 0.3) is 0 Å². The number of aromatic nitrogens is 2. The van der Waals surface area contributed by atoms with Gasteiger partial charge in [-0.15, -0.1) is 0 Å². The van der Waals surface area contributed by atoms with E-state index in [1.807, 2.05) is 12.3 Å². The first-order valence-corrected chi connectivity index (χ1v) is 5.38. The summed E-state index contributed by atoms with van der Waals surface area (Å²) >= 11 is 1.36. The lowest BCUT2D eigenvalue weighted by Gasteiger charge is -2.14. The number of carbonyl (C=O) groups is 1. The van der Waals surface area contributed by atoms with E-state index in [0.29, 0.717) is 16.5 Å². The molecule has 1 amide bonds. The Balaban J connectivity index is 3.24. The van der Waals surface area contributed by atoms with Crippen LogP contribution in [-0.2, 0) is 4.79 Å². The first-order valence-electron chi connectivity index (χ1n) is 4.15. The molecule has 5 nitrogen and oxygen atoms in total. The molecule has 0 aromatic carbocycles. The van der Waals surface area contributed by atoms with E-state index in [1.54, 1.807) is 7.05 Å². The number of hydrogen-bond acceptors (Lipinski definition) is 5. The Labute approximate surface area is 92.1 Å². The van der Waals surface area contributed by atoms with E-state index in [9.17, 15) is 4.79 Å². The summed E-state index contributed by atoms with van der Waals surface area (Å²) in [6.07, 6.45) is 3.26. The second kappa shape index (κ2) is 4.75. The van der Waals surface area contributed by atoms with Crippen molar-refractivity contribution >= 4 is 23.5 Å². The van der Waals surface area contributed by atoms with Crippen LogP contribution in [0.2, 0.25) is 0 Å². The zero-order valence-corrected chi connectivity index (χ0v) is 9.50. The predicted octanol–water partition coefficient (Wildman–Crippen LogP) is 1.05. The summed E-state index contributed by atoms with van der Waals surface area (Å²) in [6.45, 7) is 1.42. The Kier molecular flexibility index (Phi) is 3.63. The van der Waals surface area contributed by atoms with Gasteiger partial charge in [-0.3, -0.25) is 9.69 Å². The lowest BCUT2D eigenvalue weighted by Crippen LogP contribution is -2.25. The average Bonchev–Trinajstić information content (AvgIpc) is 2.27. The molecule has 0 aliphatic heterocycles. The number of rotatable bonds is 2. The highest BCUT2D eigenvalue weighted by Crippen LogP contribution is 2.18. The van der Waals surface area contributed by atoms with Crippen LogP contribution in [0.25, 0.3) is 0 Å². The molecule has 0 atom stereocenters. The van der Waals surface area contributed by atoms with Crippen molar-refractivity contribution < 1.29 is 4.79 Å². The number of anilines is 1. The molecule has 0 saturated carbocycles. The Morgan fingerprint density at radius 3 is 2.80 bits per heavy atom. The molecule has 6 heteroatoms. The van der Waals surface area contributed by atoms with Crippen LogP contribution in [0.3, 0.4) is 0 Å². The summed E-state index contributed by atoms with van der Waals surface area (Å²) in [5, 5.41) is 9.38. The van der Waals surface area contributed by atoms with E-state index in [4.69, 9.17) is 5.26 Å². The van der Waals surface area contributed by atoms with Gasteiger partial charge >= 0.3 is 0 Å². The molecular formula is C9H10N4OS. The molecule has 0 unspecified atom stereocenters. The molecule has 0 radical (unpaired) electrons. The second-order valence-corrected chi connectivity index (χ2v) is 3.56. The molecule has 1 rings (SSSR count). The molecule has 0 bridgehead atoms. The van der Waals surface area contributed by atoms with Crippen molar-refractivity contribution in [3.63, 3.8) is 0 Å². The average molecular weight is 222 g/mol. The fourth-order valence-corrected chi connectivity index (χ4v) is 1.28. The summed E-state index contributed by atoms with van der Waals surface area (Å²) in [5.41, 5.74) is 0.297. The van der Waals surface area contributed by atoms with Gasteiger partial charge in [-0.2, -0.15) is 5.26 Å². The highest BCUT2D eigenvalue weighted by molar-refractivity contribution is 7.98. The predicted molar refractivity (Wildman–Crippen MR) is 57.6 cm³/mol. The minimum atomic E-state index is -0.169. The SMILES string of the molecule is CSc1ncc(C#N)c(N(C)C(C)=O)n1. The standard InChI is InChI=1S/C9H10N4OS/c1-6(14)13(2)8-7(4-10)5-11-9(12-8)15-3/h5H,1-3H3. The van der Waals surface area contributed by atoms with Gasteiger partial charge in [0.2, 0.25) is 5.91 Å². The lowest BCUT2D eigenvalue weighted by atomic mass is 10.3. The van der Waals surface area contributed by atoms with Crippen molar-refractivity contribution in [2.75, 3.05) is 18.2 Å². The molecule has 0 spiro atoms. The molecular weight excluding hydrogens is 212 g/mol. The summed E-state index contributed by atoms with van der Waals surface area (Å²) in [4.78, 5) is 20.6. The van der Waals surface area contributed by atoms with Crippen LogP contribution in [0.1, 0.15) is 12.5 Å². The quantitative estimate of drug-likeness (QED) is 0.552. The van der Waals surface area contributed by atoms with Crippen LogP contribution in [-0.4, -0.2) is 29.2 Å². The smallest absolute Gasteiger partial charge is 0.224 e. The normalized spacial score (nSPS) is 9.47. The summed E-state index contributed by atoms with van der Waals surface area (Å²) in [7, 11) is 1.58. The van der Waals surface area contributed by atoms with Gasteiger partial charge in [0.15, 0.2) is 11.0 Å². The maximum absolute atomic E-state index is 11.2. The van der Waals surface area contributed by atoms with E-state index < -0.39 is 0 Å². The van der Waals surface area contributed by atoms with Crippen LogP contribution in [0.15, 0.2) is 11.4 Å². The third-order valence-corrected chi connectivity index (χ3v) is 2.40. The van der Waals surface area contributed by atoms with Gasteiger partial charge < -0.3 is 0 Å². The van der Waals surface area contributed by atoms with E-state index in [0.717, 1.165) is 0 Å². The minimum absolute atomic E-state index is 0.169. The Morgan fingerprint density at radius 1 is 1.67 bits per heavy atom. The molecule has 0 fully saturated rings. The van der Waals surface area contributed by atoms with Gasteiger partial charge in [-0.1, -0.05) is 11.8 Å². The van der Waals surface area contributed by atoms with Crippen molar-refractivity contribution in [2.24, 2.45) is 0 Å². The molecule has 0 N–H and O–H groups in total. The largest absolute Gasteiger partial charge is 0.299 e. The Morgan fingerprint density at radius 2 is 2.33 bits per heavy atom. The first-order chi connectivity index (χ1) is 7.10. The Hall–Kier alpha value is -1.61. The van der Waals surface area contributed by atoms with Crippen LogP contribution in [0.4, 0.5) is 5.82 Å². The maximum Gasteiger partial charge on any atom is 0.224 e. The lowest BCUT2D eigenvalue weighted by molar-refractivity contribution is -0.116. The summed E-state index contributed by atoms with van der Waals surface area (Å²) in [6, 6.07) is 1.95. The van der Waals surface area contributed by atoms with Gasteiger partial charge in [0.1, 0.15) is 11.6 Å². The van der Waals surface area contributed by atoms with E-state index in [1.165, 1.54) is 29.8 Å². The van der Waals surface area contributed by atoms with E-state index >= 15 is 0 Å². The molecule has 1 aromatic rings. The topological polar surface area (TPSA) is 69.9 Å². The zero-order valence-electron chi connectivity index (χ0n) is 8.68. The number of carbonyl (C=O) groups excluding carboxylic acids is 1. The molecule has 0 saturated heterocycles. The number of amides is 1. The van der Waals surface area contributed by atoms with Crippen LogP contribution < -0.4 is 4.90 Å². The van der Waals surface area contributed by atoms with Gasteiger partial charge in [-0.25, -0.2) is 9.97 Å². The first kappa shape index (κ1) is 11.5. The summed E-state index contributed by atoms with van der Waals surface area (Å²) in [5.74, 6) is 0.182. The summed E-state index contributed by atoms with van der Waals surface area (Å²) < 4.78 is 0. The fraction of sp³-hybridized carbons (Fsp3) is 0.333. The minimum Gasteiger partial charge on any atom is -0.299 e. The van der Waals surface area contributed by atoms with Crippen molar-refractivity contribution in [3.8, 4) is 6.07 Å². The van der Waals surface area contributed by atoms with Crippen LogP contribution in [0.5, 0.6) is 0 Å². The fourth-order valence-electron chi connectivity index (χ4n) is 0.939. The third-order valence-electron chi connectivity index (χ3n) is 1.84. The zero-order chi connectivity index (χ0) is 11.4. The number of nitrogens with zero attached hydrogens (tertiary/aromatic N) is 4. The van der Waals surface area contributed by atoms with Crippen molar-refractivity contribution in [2.45, 2.75) is 12.1 Å². The molecule has 1 aromatic heterocycles. The number of hydrogen-bond donors (Lipinski definition) is 0. The molecule has 78 valence electrons. The molecule has 15 heavy (non-hydrogen) atoms. The monoisotopic (exact) mass is 222 g/mol. The molecule has 1 heterocycles. The molecule has 0 aliphatic carbocycles. The third kappa shape index (κ3) is 2.44. The van der Waals surface area contributed by atoms with Crippen molar-refractivity contribution in [1.29, 1.82) is 5.26 Å².